The van der Waals surface area contributed by atoms with Gasteiger partial charge in [0.25, 0.3) is 0 Å². The molecule has 0 bridgehead atoms. The molecular formula is C18H21IO4S. The smallest absolute Gasteiger partial charge is 0.136 e. The summed E-state index contributed by atoms with van der Waals surface area (Å²) in [6.45, 7) is 2.01. The SMILES string of the molecule is COc1cc(OC)c(I)c([C@H](CS(=O)c2ccc(C)cc2)OC)c1. The molecule has 0 aliphatic heterocycles. The lowest BCUT2D eigenvalue weighted by Crippen LogP contribution is -2.14. The topological polar surface area (TPSA) is 44.8 Å². The lowest BCUT2D eigenvalue weighted by atomic mass is 10.1. The highest BCUT2D eigenvalue weighted by molar-refractivity contribution is 14.1. The summed E-state index contributed by atoms with van der Waals surface area (Å²) in [5, 5.41) is 0. The molecule has 2 rings (SSSR count). The van der Waals surface area contributed by atoms with Gasteiger partial charge in [0, 0.05) is 23.6 Å². The summed E-state index contributed by atoms with van der Waals surface area (Å²) >= 11 is 2.22. The van der Waals surface area contributed by atoms with Gasteiger partial charge in [-0.25, -0.2) is 0 Å². The largest absolute Gasteiger partial charge is 0.497 e. The number of aryl methyl sites for hydroxylation is 1. The molecule has 2 aromatic rings. The molecule has 0 amide bonds. The zero-order valence-corrected chi connectivity index (χ0v) is 17.1. The van der Waals surface area contributed by atoms with E-state index in [0.717, 1.165) is 19.6 Å². The minimum Gasteiger partial charge on any atom is -0.497 e. The van der Waals surface area contributed by atoms with Gasteiger partial charge in [-0.2, -0.15) is 0 Å². The van der Waals surface area contributed by atoms with Crippen molar-refractivity contribution in [3.05, 3.63) is 51.1 Å². The first-order valence-electron chi connectivity index (χ1n) is 7.39. The van der Waals surface area contributed by atoms with Crippen molar-refractivity contribution in [1.29, 1.82) is 0 Å². The summed E-state index contributed by atoms with van der Waals surface area (Å²) < 4.78 is 30.0. The number of ether oxygens (including phenoxy) is 3. The van der Waals surface area contributed by atoms with E-state index in [1.807, 2.05) is 43.3 Å². The molecule has 2 atom stereocenters. The van der Waals surface area contributed by atoms with Crippen molar-refractivity contribution in [3.63, 3.8) is 0 Å². The van der Waals surface area contributed by atoms with Gasteiger partial charge in [0.2, 0.25) is 0 Å². The Morgan fingerprint density at radius 1 is 1.08 bits per heavy atom. The van der Waals surface area contributed by atoms with Crippen molar-refractivity contribution in [2.75, 3.05) is 27.1 Å². The number of hydrogen-bond acceptors (Lipinski definition) is 4. The highest BCUT2D eigenvalue weighted by Crippen LogP contribution is 2.35. The first-order valence-corrected chi connectivity index (χ1v) is 9.79. The third kappa shape index (κ3) is 4.49. The van der Waals surface area contributed by atoms with Gasteiger partial charge in [0.1, 0.15) is 11.5 Å². The Hall–Kier alpha value is -1.12. The van der Waals surface area contributed by atoms with E-state index in [0.29, 0.717) is 17.3 Å². The zero-order chi connectivity index (χ0) is 17.7. The number of hydrogen-bond donors (Lipinski definition) is 0. The quantitative estimate of drug-likeness (QED) is 0.584. The number of rotatable bonds is 7. The Bertz CT molecular complexity index is 716. The summed E-state index contributed by atoms with van der Waals surface area (Å²) in [7, 11) is 3.69. The molecule has 24 heavy (non-hydrogen) atoms. The van der Waals surface area contributed by atoms with Crippen LogP contribution in [0.25, 0.3) is 0 Å². The molecule has 6 heteroatoms. The van der Waals surface area contributed by atoms with Gasteiger partial charge in [0.05, 0.1) is 40.4 Å². The molecule has 130 valence electrons. The molecule has 0 aromatic heterocycles. The Morgan fingerprint density at radius 3 is 2.29 bits per heavy atom. The highest BCUT2D eigenvalue weighted by Gasteiger charge is 2.21. The normalized spacial score (nSPS) is 13.4. The van der Waals surface area contributed by atoms with Gasteiger partial charge in [-0.1, -0.05) is 17.7 Å². The molecule has 0 spiro atoms. The first-order chi connectivity index (χ1) is 11.5. The van der Waals surface area contributed by atoms with Gasteiger partial charge in [-0.05, 0) is 47.7 Å². The summed E-state index contributed by atoms with van der Waals surface area (Å²) in [6, 6.07) is 11.5. The average Bonchev–Trinajstić information content (AvgIpc) is 2.60. The Kier molecular flexibility index (Phi) is 7.06. The third-order valence-corrected chi connectivity index (χ3v) is 6.27. The van der Waals surface area contributed by atoms with E-state index in [1.54, 1.807) is 21.3 Å². The standard InChI is InChI=1S/C18H21IO4S/c1-12-5-7-14(8-6-12)24(20)11-17(23-4)15-9-13(21-2)10-16(22-3)18(15)19/h5-10,17H,11H2,1-4H3/t17-,24?/m0/s1. The fourth-order valence-corrected chi connectivity index (χ4v) is 4.40. The summed E-state index contributed by atoms with van der Waals surface area (Å²) in [5.41, 5.74) is 2.06. The summed E-state index contributed by atoms with van der Waals surface area (Å²) in [6.07, 6.45) is -0.317. The molecule has 0 fully saturated rings. The molecule has 0 heterocycles. The Balaban J connectivity index is 2.31. The maximum atomic E-state index is 12.7. The van der Waals surface area contributed by atoms with Crippen molar-refractivity contribution in [1.82, 2.24) is 0 Å². The first kappa shape index (κ1) is 19.2. The molecule has 0 N–H and O–H groups in total. The van der Waals surface area contributed by atoms with Crippen LogP contribution in [0.5, 0.6) is 11.5 Å². The Labute approximate surface area is 159 Å². The van der Waals surface area contributed by atoms with E-state index in [9.17, 15) is 4.21 Å². The molecule has 2 aromatic carbocycles. The van der Waals surface area contributed by atoms with Gasteiger partial charge >= 0.3 is 0 Å². The maximum Gasteiger partial charge on any atom is 0.136 e. The minimum atomic E-state index is -1.16. The van der Waals surface area contributed by atoms with Crippen molar-refractivity contribution >= 4 is 33.4 Å². The lowest BCUT2D eigenvalue weighted by Gasteiger charge is -2.19. The molecule has 1 unspecified atom stereocenters. The van der Waals surface area contributed by atoms with Crippen molar-refractivity contribution in [2.24, 2.45) is 0 Å². The van der Waals surface area contributed by atoms with E-state index in [2.05, 4.69) is 22.6 Å². The highest BCUT2D eigenvalue weighted by atomic mass is 127. The fourth-order valence-electron chi connectivity index (χ4n) is 2.30. The van der Waals surface area contributed by atoms with E-state index >= 15 is 0 Å². The minimum absolute atomic E-state index is 0.317. The monoisotopic (exact) mass is 460 g/mol. The van der Waals surface area contributed by atoms with Gasteiger partial charge in [-0.3, -0.25) is 4.21 Å². The second-order valence-electron chi connectivity index (χ2n) is 5.28. The molecule has 0 aliphatic carbocycles. The Morgan fingerprint density at radius 2 is 1.75 bits per heavy atom. The van der Waals surface area contributed by atoms with Crippen LogP contribution in [-0.4, -0.2) is 31.3 Å². The van der Waals surface area contributed by atoms with Crippen molar-refractivity contribution in [2.45, 2.75) is 17.9 Å². The van der Waals surface area contributed by atoms with Crippen LogP contribution in [0, 0.1) is 10.5 Å². The van der Waals surface area contributed by atoms with Gasteiger partial charge < -0.3 is 14.2 Å². The second kappa shape index (κ2) is 8.82. The molecule has 4 nitrogen and oxygen atoms in total. The van der Waals surface area contributed by atoms with Crippen LogP contribution in [0.3, 0.4) is 0 Å². The average molecular weight is 460 g/mol. The third-order valence-electron chi connectivity index (χ3n) is 3.71. The summed E-state index contributed by atoms with van der Waals surface area (Å²) in [4.78, 5) is 0.799. The van der Waals surface area contributed by atoms with E-state index in [1.165, 1.54) is 0 Å². The second-order valence-corrected chi connectivity index (χ2v) is 7.86. The maximum absolute atomic E-state index is 12.7. The number of methoxy groups -OCH3 is 3. The van der Waals surface area contributed by atoms with Crippen molar-refractivity contribution < 1.29 is 18.4 Å². The van der Waals surface area contributed by atoms with Gasteiger partial charge in [-0.15, -0.1) is 0 Å². The van der Waals surface area contributed by atoms with Crippen LogP contribution in [-0.2, 0) is 15.5 Å². The van der Waals surface area contributed by atoms with Gasteiger partial charge in [0.15, 0.2) is 0 Å². The van der Waals surface area contributed by atoms with Crippen LogP contribution in [0.2, 0.25) is 0 Å². The molecule has 0 radical (unpaired) electrons. The van der Waals surface area contributed by atoms with Crippen LogP contribution in [0.4, 0.5) is 0 Å². The van der Waals surface area contributed by atoms with Crippen LogP contribution >= 0.6 is 22.6 Å². The molecule has 0 aliphatic rings. The van der Waals surface area contributed by atoms with Crippen molar-refractivity contribution in [3.8, 4) is 11.5 Å². The predicted octanol–water partition coefficient (Wildman–Crippen LogP) is 4.11. The van der Waals surface area contributed by atoms with Crippen LogP contribution in [0.15, 0.2) is 41.3 Å². The number of halogens is 1. The van der Waals surface area contributed by atoms with E-state index < -0.39 is 10.8 Å². The van der Waals surface area contributed by atoms with E-state index in [-0.39, 0.29) is 6.10 Å². The zero-order valence-electron chi connectivity index (χ0n) is 14.2. The van der Waals surface area contributed by atoms with Crippen LogP contribution in [0.1, 0.15) is 17.2 Å². The predicted molar refractivity (Wildman–Crippen MR) is 104 cm³/mol. The molecule has 0 saturated heterocycles. The fraction of sp³-hybridized carbons (Fsp3) is 0.333. The number of benzene rings is 2. The van der Waals surface area contributed by atoms with E-state index in [4.69, 9.17) is 14.2 Å². The summed E-state index contributed by atoms with van der Waals surface area (Å²) in [5.74, 6) is 1.77. The van der Waals surface area contributed by atoms with Crippen LogP contribution < -0.4 is 9.47 Å². The molecule has 0 saturated carbocycles. The molecular weight excluding hydrogens is 439 g/mol. The lowest BCUT2D eigenvalue weighted by molar-refractivity contribution is 0.121.